The van der Waals surface area contributed by atoms with Crippen LogP contribution in [0.4, 0.5) is 4.39 Å². The smallest absolute Gasteiger partial charge is 0.340 e. The zero-order valence-electron chi connectivity index (χ0n) is 11.1. The van der Waals surface area contributed by atoms with Crippen LogP contribution in [-0.2, 0) is 6.54 Å². The first-order valence-electron chi connectivity index (χ1n) is 6.14. The van der Waals surface area contributed by atoms with Crippen LogP contribution in [0.15, 0.2) is 24.3 Å². The normalized spacial score (nSPS) is 11.1. The molecule has 1 heterocycles. The lowest BCUT2D eigenvalue weighted by Gasteiger charge is -2.03. The average molecular weight is 297 g/mol. The van der Waals surface area contributed by atoms with Crippen LogP contribution in [0.1, 0.15) is 41.4 Å². The highest BCUT2D eigenvalue weighted by atomic mass is 35.5. The summed E-state index contributed by atoms with van der Waals surface area (Å²) in [5, 5.41) is 13.6. The number of aromatic nitrogens is 2. The summed E-state index contributed by atoms with van der Waals surface area (Å²) < 4.78 is 14.3. The van der Waals surface area contributed by atoms with E-state index in [4.69, 9.17) is 11.6 Å². The molecule has 0 atom stereocenters. The maximum Gasteiger partial charge on any atom is 0.340 e. The number of carboxylic acids is 1. The van der Waals surface area contributed by atoms with E-state index >= 15 is 0 Å². The Morgan fingerprint density at radius 1 is 1.40 bits per heavy atom. The number of rotatable bonds is 4. The van der Waals surface area contributed by atoms with Gasteiger partial charge in [0.15, 0.2) is 0 Å². The molecule has 106 valence electrons. The number of hydrogen-bond donors (Lipinski definition) is 1. The highest BCUT2D eigenvalue weighted by Crippen LogP contribution is 2.26. The van der Waals surface area contributed by atoms with Gasteiger partial charge in [-0.05, 0) is 23.6 Å². The first-order valence-corrected chi connectivity index (χ1v) is 6.52. The molecule has 0 saturated heterocycles. The second-order valence-electron chi connectivity index (χ2n) is 4.80. The summed E-state index contributed by atoms with van der Waals surface area (Å²) in [6.45, 7) is 4.01. The highest BCUT2D eigenvalue weighted by molar-refractivity contribution is 6.32. The topological polar surface area (TPSA) is 55.1 Å². The molecule has 2 aromatic rings. The molecule has 1 aromatic heterocycles. The highest BCUT2D eigenvalue weighted by Gasteiger charge is 2.23. The maximum absolute atomic E-state index is 12.9. The molecule has 0 aliphatic carbocycles. The number of halogens is 2. The van der Waals surface area contributed by atoms with Gasteiger partial charge in [0.25, 0.3) is 0 Å². The fraction of sp³-hybridized carbons (Fsp3) is 0.286. The molecule has 0 unspecified atom stereocenters. The minimum Gasteiger partial charge on any atom is -0.478 e. The summed E-state index contributed by atoms with van der Waals surface area (Å²) in [5.74, 6) is -1.47. The van der Waals surface area contributed by atoms with E-state index in [0.717, 1.165) is 5.56 Å². The van der Waals surface area contributed by atoms with Crippen molar-refractivity contribution in [2.45, 2.75) is 26.3 Å². The van der Waals surface area contributed by atoms with Crippen LogP contribution in [0.2, 0.25) is 5.15 Å². The number of carboxylic acid groups (broad SMARTS) is 1. The summed E-state index contributed by atoms with van der Waals surface area (Å²) in [5.41, 5.74) is 1.27. The van der Waals surface area contributed by atoms with Crippen LogP contribution >= 0.6 is 11.6 Å². The van der Waals surface area contributed by atoms with E-state index in [1.165, 1.54) is 16.8 Å². The number of benzene rings is 1. The van der Waals surface area contributed by atoms with Crippen molar-refractivity contribution in [1.82, 2.24) is 9.78 Å². The monoisotopic (exact) mass is 296 g/mol. The molecule has 0 aliphatic heterocycles. The predicted octanol–water partition coefficient (Wildman–Crippen LogP) is 3.55. The third kappa shape index (κ3) is 2.82. The van der Waals surface area contributed by atoms with E-state index in [9.17, 15) is 14.3 Å². The Labute approximate surface area is 120 Å². The largest absolute Gasteiger partial charge is 0.478 e. The molecule has 20 heavy (non-hydrogen) atoms. The van der Waals surface area contributed by atoms with Gasteiger partial charge in [-0.25, -0.2) is 13.9 Å². The van der Waals surface area contributed by atoms with Crippen LogP contribution < -0.4 is 0 Å². The van der Waals surface area contributed by atoms with Crippen molar-refractivity contribution in [1.29, 1.82) is 0 Å². The van der Waals surface area contributed by atoms with Crippen LogP contribution in [-0.4, -0.2) is 20.9 Å². The second kappa shape index (κ2) is 5.63. The standard InChI is InChI=1S/C14H14ClFN2O2/c1-8(2)12-11(14(19)20)13(15)18(17-12)7-9-3-5-10(16)6-4-9/h3-6,8H,7H2,1-2H3,(H,19,20). The van der Waals surface area contributed by atoms with Crippen molar-refractivity contribution < 1.29 is 14.3 Å². The molecule has 0 spiro atoms. The molecule has 0 bridgehead atoms. The predicted molar refractivity (Wildman–Crippen MR) is 73.8 cm³/mol. The van der Waals surface area contributed by atoms with Crippen molar-refractivity contribution in [3.05, 3.63) is 52.1 Å². The van der Waals surface area contributed by atoms with Crippen LogP contribution in [0, 0.1) is 5.82 Å². The van der Waals surface area contributed by atoms with Gasteiger partial charge in [0.2, 0.25) is 0 Å². The van der Waals surface area contributed by atoms with Gasteiger partial charge in [0.05, 0.1) is 12.2 Å². The Balaban J connectivity index is 2.40. The Hall–Kier alpha value is -1.88. The average Bonchev–Trinajstić information content (AvgIpc) is 2.70. The zero-order valence-corrected chi connectivity index (χ0v) is 11.9. The molecule has 2 rings (SSSR count). The first-order chi connectivity index (χ1) is 9.40. The van der Waals surface area contributed by atoms with Gasteiger partial charge in [0.1, 0.15) is 16.5 Å². The van der Waals surface area contributed by atoms with E-state index in [1.54, 1.807) is 12.1 Å². The summed E-state index contributed by atoms with van der Waals surface area (Å²) in [4.78, 5) is 11.3. The molecule has 6 heteroatoms. The molecule has 0 radical (unpaired) electrons. The lowest BCUT2D eigenvalue weighted by atomic mass is 10.1. The van der Waals surface area contributed by atoms with Gasteiger partial charge in [-0.1, -0.05) is 37.6 Å². The quantitative estimate of drug-likeness (QED) is 0.939. The second-order valence-corrected chi connectivity index (χ2v) is 5.15. The third-order valence-electron chi connectivity index (χ3n) is 2.92. The van der Waals surface area contributed by atoms with Crippen LogP contribution in [0.3, 0.4) is 0 Å². The van der Waals surface area contributed by atoms with Gasteiger partial charge in [-0.15, -0.1) is 0 Å². The van der Waals surface area contributed by atoms with Crippen LogP contribution in [0.5, 0.6) is 0 Å². The minimum absolute atomic E-state index is 0.0313. The number of nitrogens with zero attached hydrogens (tertiary/aromatic N) is 2. The first kappa shape index (κ1) is 14.5. The molecular formula is C14H14ClFN2O2. The summed E-state index contributed by atoms with van der Waals surface area (Å²) in [7, 11) is 0. The molecule has 0 aliphatic rings. The van der Waals surface area contributed by atoms with Gasteiger partial charge >= 0.3 is 5.97 Å². The van der Waals surface area contributed by atoms with Gasteiger partial charge in [0, 0.05) is 0 Å². The Kier molecular flexibility index (Phi) is 4.09. The Bertz CT molecular complexity index is 635. The van der Waals surface area contributed by atoms with Crippen molar-refractivity contribution >= 4 is 17.6 Å². The minimum atomic E-state index is -1.09. The molecule has 1 aromatic carbocycles. The maximum atomic E-state index is 12.9. The molecule has 0 fully saturated rings. The zero-order chi connectivity index (χ0) is 14.9. The fourth-order valence-corrected chi connectivity index (χ4v) is 2.20. The van der Waals surface area contributed by atoms with E-state index < -0.39 is 5.97 Å². The van der Waals surface area contributed by atoms with Crippen molar-refractivity contribution in [2.75, 3.05) is 0 Å². The summed E-state index contributed by atoms with van der Waals surface area (Å²) in [6, 6.07) is 5.91. The lowest BCUT2D eigenvalue weighted by Crippen LogP contribution is -2.03. The number of carbonyl (C=O) groups is 1. The van der Waals surface area contributed by atoms with Crippen LogP contribution in [0.25, 0.3) is 0 Å². The van der Waals surface area contributed by atoms with E-state index in [1.807, 2.05) is 13.8 Å². The Morgan fingerprint density at radius 3 is 2.45 bits per heavy atom. The molecule has 4 nitrogen and oxygen atoms in total. The van der Waals surface area contributed by atoms with Crippen molar-refractivity contribution in [3.8, 4) is 0 Å². The SMILES string of the molecule is CC(C)c1nn(Cc2ccc(F)cc2)c(Cl)c1C(=O)O. The summed E-state index contributed by atoms with van der Waals surface area (Å²) in [6.07, 6.45) is 0. The van der Waals surface area contributed by atoms with Gasteiger partial charge in [-0.3, -0.25) is 0 Å². The van der Waals surface area contributed by atoms with E-state index in [2.05, 4.69) is 5.10 Å². The lowest BCUT2D eigenvalue weighted by molar-refractivity contribution is 0.0695. The van der Waals surface area contributed by atoms with Crippen molar-refractivity contribution in [3.63, 3.8) is 0 Å². The third-order valence-corrected chi connectivity index (χ3v) is 3.31. The van der Waals surface area contributed by atoms with E-state index in [-0.39, 0.29) is 22.5 Å². The molecule has 0 saturated carbocycles. The molecular weight excluding hydrogens is 283 g/mol. The Morgan fingerprint density at radius 2 is 2.00 bits per heavy atom. The van der Waals surface area contributed by atoms with Crippen molar-refractivity contribution in [2.24, 2.45) is 0 Å². The van der Waals surface area contributed by atoms with Gasteiger partial charge < -0.3 is 5.11 Å². The number of aromatic carboxylic acids is 1. The molecule has 0 amide bonds. The van der Waals surface area contributed by atoms with Gasteiger partial charge in [-0.2, -0.15) is 5.10 Å². The molecule has 1 N–H and O–H groups in total. The van der Waals surface area contributed by atoms with E-state index in [0.29, 0.717) is 12.2 Å². The fourth-order valence-electron chi connectivity index (χ4n) is 1.93. The number of hydrogen-bond acceptors (Lipinski definition) is 2. The summed E-state index contributed by atoms with van der Waals surface area (Å²) >= 11 is 6.10.